The highest BCUT2D eigenvalue weighted by atomic mass is 16.2. The highest BCUT2D eigenvalue weighted by Gasteiger charge is 2.65. The molecule has 4 atom stereocenters. The molecule has 7 heteroatoms. The van der Waals surface area contributed by atoms with E-state index < -0.39 is 28.9 Å². The van der Waals surface area contributed by atoms with Crippen molar-refractivity contribution < 1.29 is 14.4 Å². The zero-order valence-corrected chi connectivity index (χ0v) is 17.2. The highest BCUT2D eigenvalue weighted by Crippen LogP contribution is 2.62. The molecule has 4 amide bonds. The van der Waals surface area contributed by atoms with Crippen molar-refractivity contribution in [1.82, 2.24) is 21.3 Å². The maximum atomic E-state index is 12.7. The molecule has 2 aliphatic rings. The summed E-state index contributed by atoms with van der Waals surface area (Å²) in [4.78, 5) is 37.5. The lowest BCUT2D eigenvalue weighted by atomic mass is 9.86. The van der Waals surface area contributed by atoms with Crippen LogP contribution >= 0.6 is 0 Å². The molecule has 0 aromatic carbocycles. The molecule has 0 aromatic heterocycles. The lowest BCUT2D eigenvalue weighted by Gasteiger charge is -2.32. The summed E-state index contributed by atoms with van der Waals surface area (Å²) in [6, 6.07) is -1.59. The van der Waals surface area contributed by atoms with E-state index in [1.54, 1.807) is 0 Å². The number of hydrogen-bond acceptors (Lipinski definition) is 4. The standard InChI is InChI=1S/C19H34N4O3/c1-17(2,3)13(21-16(26)23-18(4,5)6)15(25)22-14(24)12-11-10(9-20-12)19(11,7)8/h10-13,20H,9H2,1-8H3,(H2,21,23,26)(H,22,24,25)/t10?,11?,12?,13-/m1/s1. The van der Waals surface area contributed by atoms with Crippen LogP contribution in [0.5, 0.6) is 0 Å². The molecule has 0 aromatic rings. The van der Waals surface area contributed by atoms with Gasteiger partial charge in [0.1, 0.15) is 6.04 Å². The predicted octanol–water partition coefficient (Wildman–Crippen LogP) is 1.39. The summed E-state index contributed by atoms with van der Waals surface area (Å²) >= 11 is 0. The molecule has 1 heterocycles. The van der Waals surface area contributed by atoms with Crippen LogP contribution in [0.4, 0.5) is 4.79 Å². The molecule has 0 spiro atoms. The van der Waals surface area contributed by atoms with Gasteiger partial charge in [0.05, 0.1) is 6.04 Å². The van der Waals surface area contributed by atoms with E-state index in [4.69, 9.17) is 0 Å². The van der Waals surface area contributed by atoms with E-state index in [1.807, 2.05) is 41.5 Å². The van der Waals surface area contributed by atoms with Gasteiger partial charge < -0.3 is 16.0 Å². The van der Waals surface area contributed by atoms with E-state index in [-0.39, 0.29) is 23.3 Å². The van der Waals surface area contributed by atoms with E-state index in [0.717, 1.165) is 6.54 Å². The van der Waals surface area contributed by atoms with Crippen LogP contribution < -0.4 is 21.3 Å². The van der Waals surface area contributed by atoms with Gasteiger partial charge >= 0.3 is 6.03 Å². The molecule has 4 N–H and O–H groups in total. The van der Waals surface area contributed by atoms with Gasteiger partial charge in [-0.3, -0.25) is 14.9 Å². The quantitative estimate of drug-likeness (QED) is 0.606. The molecule has 7 nitrogen and oxygen atoms in total. The van der Waals surface area contributed by atoms with Crippen LogP contribution in [-0.4, -0.2) is 42.0 Å². The summed E-state index contributed by atoms with van der Waals surface area (Å²) in [6.07, 6.45) is 0. The molecule has 1 aliphatic heterocycles. The van der Waals surface area contributed by atoms with Gasteiger partial charge in [-0.1, -0.05) is 34.6 Å². The molecule has 0 radical (unpaired) electrons. The fourth-order valence-electron chi connectivity index (χ4n) is 3.93. The van der Waals surface area contributed by atoms with Crippen LogP contribution in [0.3, 0.4) is 0 Å². The number of fused-ring (bicyclic) bond motifs is 1. The Labute approximate surface area is 156 Å². The number of rotatable bonds is 3. The molecule has 2 fully saturated rings. The fraction of sp³-hybridized carbons (Fsp3) is 0.842. The second-order valence-electron chi connectivity index (χ2n) is 10.3. The number of nitrogens with one attached hydrogen (secondary N) is 4. The summed E-state index contributed by atoms with van der Waals surface area (Å²) in [6.45, 7) is 16.3. The second-order valence-corrected chi connectivity index (χ2v) is 10.3. The molecule has 3 unspecified atom stereocenters. The van der Waals surface area contributed by atoms with Crippen LogP contribution in [-0.2, 0) is 9.59 Å². The molecule has 26 heavy (non-hydrogen) atoms. The first-order valence-electron chi connectivity index (χ1n) is 9.31. The summed E-state index contributed by atoms with van der Waals surface area (Å²) in [5, 5.41) is 11.2. The Balaban J connectivity index is 2.01. The van der Waals surface area contributed by atoms with E-state index in [9.17, 15) is 14.4 Å². The van der Waals surface area contributed by atoms with E-state index >= 15 is 0 Å². The van der Waals surface area contributed by atoms with Crippen molar-refractivity contribution in [2.24, 2.45) is 22.7 Å². The molecule has 0 bridgehead atoms. The predicted molar refractivity (Wildman–Crippen MR) is 100 cm³/mol. The number of imide groups is 1. The number of carbonyl (C=O) groups is 3. The summed E-state index contributed by atoms with van der Waals surface area (Å²) in [7, 11) is 0. The third-order valence-electron chi connectivity index (χ3n) is 5.48. The zero-order valence-electron chi connectivity index (χ0n) is 17.2. The van der Waals surface area contributed by atoms with E-state index in [1.165, 1.54) is 0 Å². The molecule has 1 aliphatic carbocycles. The monoisotopic (exact) mass is 366 g/mol. The number of piperidine rings is 1. The van der Waals surface area contributed by atoms with E-state index in [0.29, 0.717) is 5.92 Å². The fourth-order valence-corrected chi connectivity index (χ4v) is 3.93. The van der Waals surface area contributed by atoms with Gasteiger partial charge in [0.2, 0.25) is 11.8 Å². The molecular formula is C19H34N4O3. The van der Waals surface area contributed by atoms with Gasteiger partial charge in [-0.25, -0.2) is 4.79 Å². The van der Waals surface area contributed by atoms with Crippen LogP contribution in [0.25, 0.3) is 0 Å². The topological polar surface area (TPSA) is 99.3 Å². The van der Waals surface area contributed by atoms with E-state index in [2.05, 4.69) is 35.1 Å². The largest absolute Gasteiger partial charge is 0.334 e. The van der Waals surface area contributed by atoms with Crippen molar-refractivity contribution in [3.63, 3.8) is 0 Å². The number of carbonyl (C=O) groups excluding carboxylic acids is 3. The summed E-state index contributed by atoms with van der Waals surface area (Å²) < 4.78 is 0. The lowest BCUT2D eigenvalue weighted by Crippen LogP contribution is -2.60. The maximum absolute atomic E-state index is 12.7. The third kappa shape index (κ3) is 4.37. The Kier molecular flexibility index (Phi) is 5.18. The molecule has 1 saturated carbocycles. The van der Waals surface area contributed by atoms with Gasteiger partial charge in [-0.15, -0.1) is 0 Å². The van der Waals surface area contributed by atoms with Crippen LogP contribution in [0.2, 0.25) is 0 Å². The van der Waals surface area contributed by atoms with Gasteiger partial charge in [0, 0.05) is 5.54 Å². The molecular weight excluding hydrogens is 332 g/mol. The summed E-state index contributed by atoms with van der Waals surface area (Å²) in [5.74, 6) is -0.0291. The molecule has 2 rings (SSSR count). The van der Waals surface area contributed by atoms with Crippen LogP contribution in [0.15, 0.2) is 0 Å². The molecule has 148 valence electrons. The first kappa shape index (κ1) is 20.7. The van der Waals surface area contributed by atoms with Crippen molar-refractivity contribution in [1.29, 1.82) is 0 Å². The van der Waals surface area contributed by atoms with Crippen LogP contribution in [0.1, 0.15) is 55.4 Å². The number of urea groups is 1. The Morgan fingerprint density at radius 2 is 1.65 bits per heavy atom. The number of amides is 4. The Hall–Kier alpha value is -1.63. The average Bonchev–Trinajstić information content (AvgIpc) is 2.82. The van der Waals surface area contributed by atoms with Crippen molar-refractivity contribution in [2.45, 2.75) is 73.0 Å². The first-order valence-corrected chi connectivity index (χ1v) is 9.31. The Bertz CT molecular complexity index is 601. The van der Waals surface area contributed by atoms with Gasteiger partial charge in [0.25, 0.3) is 0 Å². The maximum Gasteiger partial charge on any atom is 0.315 e. The lowest BCUT2D eigenvalue weighted by molar-refractivity contribution is -0.134. The van der Waals surface area contributed by atoms with Gasteiger partial charge in [-0.2, -0.15) is 0 Å². The SMILES string of the molecule is CC(C)(C)NC(=O)N[C@H](C(=O)NC(=O)C1NCC2C1C2(C)C)C(C)(C)C. The van der Waals surface area contributed by atoms with Crippen molar-refractivity contribution >= 4 is 17.8 Å². The smallest absolute Gasteiger partial charge is 0.315 e. The zero-order chi connectivity index (χ0) is 20.1. The summed E-state index contributed by atoms with van der Waals surface area (Å²) in [5.41, 5.74) is -0.812. The Morgan fingerprint density at radius 1 is 1.08 bits per heavy atom. The minimum atomic E-state index is -0.821. The van der Waals surface area contributed by atoms with Crippen molar-refractivity contribution in [3.8, 4) is 0 Å². The highest BCUT2D eigenvalue weighted by molar-refractivity contribution is 6.02. The first-order chi connectivity index (χ1) is 11.6. The van der Waals surface area contributed by atoms with Gasteiger partial charge in [0.15, 0.2) is 0 Å². The van der Waals surface area contributed by atoms with Crippen LogP contribution in [0, 0.1) is 22.7 Å². The average molecular weight is 367 g/mol. The number of hydrogen-bond donors (Lipinski definition) is 4. The van der Waals surface area contributed by atoms with Crippen molar-refractivity contribution in [3.05, 3.63) is 0 Å². The third-order valence-corrected chi connectivity index (χ3v) is 5.48. The normalized spacial score (nSPS) is 27.9. The minimum Gasteiger partial charge on any atom is -0.334 e. The van der Waals surface area contributed by atoms with Gasteiger partial charge in [-0.05, 0) is 50.0 Å². The molecule has 1 saturated heterocycles. The second kappa shape index (κ2) is 6.51. The Morgan fingerprint density at radius 3 is 2.08 bits per heavy atom. The minimum absolute atomic E-state index is 0.143. The van der Waals surface area contributed by atoms with Crippen molar-refractivity contribution in [2.75, 3.05) is 6.54 Å².